The summed E-state index contributed by atoms with van der Waals surface area (Å²) >= 11 is 1.63. The Morgan fingerprint density at radius 1 is 1.00 bits per heavy atom. The van der Waals surface area contributed by atoms with Crippen LogP contribution >= 0.6 is 11.8 Å². The molecule has 3 aromatic rings. The van der Waals surface area contributed by atoms with Gasteiger partial charge in [0.15, 0.2) is 11.5 Å². The largest absolute Gasteiger partial charge is 0.490 e. The Morgan fingerprint density at radius 2 is 1.80 bits per heavy atom. The number of nitrogens with zero attached hydrogens (tertiary/aromatic N) is 2. The highest BCUT2D eigenvalue weighted by Crippen LogP contribution is 2.34. The molecular formula is C19H18N2O3S. The molecule has 4 rings (SSSR count). The van der Waals surface area contributed by atoms with Crippen molar-refractivity contribution in [1.29, 1.82) is 0 Å². The van der Waals surface area contributed by atoms with Crippen molar-refractivity contribution in [3.05, 3.63) is 53.9 Å². The van der Waals surface area contributed by atoms with Gasteiger partial charge in [-0.25, -0.2) is 0 Å². The van der Waals surface area contributed by atoms with E-state index in [0.717, 1.165) is 28.4 Å². The molecule has 0 unspecified atom stereocenters. The van der Waals surface area contributed by atoms with Crippen LogP contribution in [0.3, 0.4) is 0 Å². The zero-order chi connectivity index (χ0) is 17.1. The lowest BCUT2D eigenvalue weighted by Gasteiger charge is -2.08. The van der Waals surface area contributed by atoms with Crippen molar-refractivity contribution in [2.45, 2.75) is 24.0 Å². The predicted molar refractivity (Wildman–Crippen MR) is 96.1 cm³/mol. The van der Waals surface area contributed by atoms with Gasteiger partial charge in [-0.15, -0.1) is 11.8 Å². The van der Waals surface area contributed by atoms with Crippen LogP contribution in [-0.4, -0.2) is 23.4 Å². The van der Waals surface area contributed by atoms with Crippen molar-refractivity contribution in [3.63, 3.8) is 0 Å². The van der Waals surface area contributed by atoms with E-state index >= 15 is 0 Å². The van der Waals surface area contributed by atoms with Gasteiger partial charge >= 0.3 is 0 Å². The molecule has 0 spiro atoms. The lowest BCUT2D eigenvalue weighted by molar-refractivity contribution is 0.297. The van der Waals surface area contributed by atoms with Gasteiger partial charge in [0.2, 0.25) is 11.7 Å². The van der Waals surface area contributed by atoms with Crippen LogP contribution in [0.4, 0.5) is 0 Å². The maximum atomic E-state index is 5.72. The first kappa shape index (κ1) is 16.0. The van der Waals surface area contributed by atoms with E-state index < -0.39 is 0 Å². The zero-order valence-electron chi connectivity index (χ0n) is 13.9. The van der Waals surface area contributed by atoms with E-state index in [1.165, 1.54) is 5.56 Å². The monoisotopic (exact) mass is 354 g/mol. The number of aryl methyl sites for hydroxylation is 1. The summed E-state index contributed by atoms with van der Waals surface area (Å²) in [4.78, 5) is 5.56. The van der Waals surface area contributed by atoms with Gasteiger partial charge in [-0.05, 0) is 25.1 Å². The molecule has 0 saturated heterocycles. The molecule has 128 valence electrons. The van der Waals surface area contributed by atoms with Crippen LogP contribution in [0.5, 0.6) is 11.5 Å². The fourth-order valence-electron chi connectivity index (χ4n) is 2.51. The van der Waals surface area contributed by atoms with E-state index in [1.54, 1.807) is 11.8 Å². The normalized spacial score (nSPS) is 13.5. The molecule has 0 fully saturated rings. The van der Waals surface area contributed by atoms with Gasteiger partial charge in [-0.1, -0.05) is 35.0 Å². The minimum atomic E-state index is 0.604. The average Bonchev–Trinajstić information content (AvgIpc) is 2.98. The third-order valence-electron chi connectivity index (χ3n) is 3.86. The van der Waals surface area contributed by atoms with E-state index in [4.69, 9.17) is 14.0 Å². The summed E-state index contributed by atoms with van der Waals surface area (Å²) in [5, 5.41) is 4.07. The Kier molecular flexibility index (Phi) is 4.61. The van der Waals surface area contributed by atoms with Gasteiger partial charge in [-0.3, -0.25) is 0 Å². The third kappa shape index (κ3) is 3.79. The van der Waals surface area contributed by atoms with E-state index in [0.29, 0.717) is 30.7 Å². The molecule has 25 heavy (non-hydrogen) atoms. The van der Waals surface area contributed by atoms with Gasteiger partial charge in [0.05, 0.1) is 19.0 Å². The SMILES string of the molecule is Cc1ccc(-c2noc(CSc3ccc4c(c3)OCCCO4)n2)cc1. The summed E-state index contributed by atoms with van der Waals surface area (Å²) < 4.78 is 16.7. The lowest BCUT2D eigenvalue weighted by Crippen LogP contribution is -1.97. The summed E-state index contributed by atoms with van der Waals surface area (Å²) in [6, 6.07) is 14.1. The van der Waals surface area contributed by atoms with Crippen LogP contribution in [0.25, 0.3) is 11.4 Å². The van der Waals surface area contributed by atoms with E-state index in [-0.39, 0.29) is 0 Å². The minimum Gasteiger partial charge on any atom is -0.490 e. The molecule has 0 bridgehead atoms. The van der Waals surface area contributed by atoms with Crippen molar-refractivity contribution < 1.29 is 14.0 Å². The van der Waals surface area contributed by atoms with Crippen molar-refractivity contribution >= 4 is 11.8 Å². The average molecular weight is 354 g/mol. The maximum absolute atomic E-state index is 5.72. The second-order valence-corrected chi connectivity index (χ2v) is 6.87. The van der Waals surface area contributed by atoms with Gasteiger partial charge in [0.1, 0.15) is 0 Å². The fourth-order valence-corrected chi connectivity index (χ4v) is 3.27. The summed E-state index contributed by atoms with van der Waals surface area (Å²) in [6.45, 7) is 3.44. The van der Waals surface area contributed by atoms with Crippen LogP contribution in [0, 0.1) is 6.92 Å². The second kappa shape index (κ2) is 7.19. The van der Waals surface area contributed by atoms with E-state index in [2.05, 4.69) is 17.1 Å². The highest BCUT2D eigenvalue weighted by molar-refractivity contribution is 7.98. The molecule has 0 aliphatic carbocycles. The second-order valence-electron chi connectivity index (χ2n) is 5.83. The standard InChI is InChI=1S/C19H18N2O3S/c1-13-3-5-14(6-4-13)19-20-18(24-21-19)12-25-15-7-8-16-17(11-15)23-10-2-9-22-16/h3-8,11H,2,9-10,12H2,1H3. The highest BCUT2D eigenvalue weighted by atomic mass is 32.2. The Hall–Kier alpha value is -2.47. The molecule has 0 amide bonds. The minimum absolute atomic E-state index is 0.604. The maximum Gasteiger partial charge on any atom is 0.237 e. The summed E-state index contributed by atoms with van der Waals surface area (Å²) in [5.74, 6) is 3.44. The number of hydrogen-bond donors (Lipinski definition) is 0. The van der Waals surface area contributed by atoms with E-state index in [9.17, 15) is 0 Å². The van der Waals surface area contributed by atoms with Crippen molar-refractivity contribution in [1.82, 2.24) is 10.1 Å². The molecule has 2 aromatic carbocycles. The van der Waals surface area contributed by atoms with Crippen LogP contribution in [0.2, 0.25) is 0 Å². The Morgan fingerprint density at radius 3 is 2.64 bits per heavy atom. The first-order chi connectivity index (χ1) is 12.3. The molecule has 0 atom stereocenters. The molecular weight excluding hydrogens is 336 g/mol. The van der Waals surface area contributed by atoms with Gasteiger partial charge in [-0.2, -0.15) is 4.98 Å². The van der Waals surface area contributed by atoms with Crippen molar-refractivity contribution in [2.24, 2.45) is 0 Å². The Labute approximate surface area is 150 Å². The first-order valence-corrected chi connectivity index (χ1v) is 9.18. The summed E-state index contributed by atoms with van der Waals surface area (Å²) in [5.41, 5.74) is 2.17. The number of benzene rings is 2. The summed E-state index contributed by atoms with van der Waals surface area (Å²) in [7, 11) is 0. The highest BCUT2D eigenvalue weighted by Gasteiger charge is 2.13. The molecule has 0 saturated carbocycles. The Bertz CT molecular complexity index is 861. The predicted octanol–water partition coefficient (Wildman–Crippen LogP) is 4.50. The van der Waals surface area contributed by atoms with Crippen LogP contribution in [-0.2, 0) is 5.75 Å². The molecule has 1 aliphatic rings. The first-order valence-electron chi connectivity index (χ1n) is 8.20. The number of ether oxygens (including phenoxy) is 2. The van der Waals surface area contributed by atoms with Crippen molar-refractivity contribution in [3.8, 4) is 22.9 Å². The summed E-state index contributed by atoms with van der Waals surface area (Å²) in [6.07, 6.45) is 0.904. The van der Waals surface area contributed by atoms with Crippen LogP contribution in [0.1, 0.15) is 17.9 Å². The number of hydrogen-bond acceptors (Lipinski definition) is 6. The van der Waals surface area contributed by atoms with Gasteiger partial charge in [0, 0.05) is 16.9 Å². The van der Waals surface area contributed by atoms with Crippen molar-refractivity contribution in [2.75, 3.05) is 13.2 Å². The number of aromatic nitrogens is 2. The zero-order valence-corrected chi connectivity index (χ0v) is 14.7. The number of fused-ring (bicyclic) bond motifs is 1. The van der Waals surface area contributed by atoms with Gasteiger partial charge in [0.25, 0.3) is 0 Å². The molecule has 6 heteroatoms. The Balaban J connectivity index is 1.43. The molecule has 1 aromatic heterocycles. The fraction of sp³-hybridized carbons (Fsp3) is 0.263. The van der Waals surface area contributed by atoms with E-state index in [1.807, 2.05) is 42.5 Å². The number of thioether (sulfide) groups is 1. The van der Waals surface area contributed by atoms with Crippen LogP contribution in [0.15, 0.2) is 51.9 Å². The molecule has 0 radical (unpaired) electrons. The van der Waals surface area contributed by atoms with Crippen LogP contribution < -0.4 is 9.47 Å². The smallest absolute Gasteiger partial charge is 0.237 e. The molecule has 2 heterocycles. The molecule has 1 aliphatic heterocycles. The number of rotatable bonds is 4. The quantitative estimate of drug-likeness (QED) is 0.643. The topological polar surface area (TPSA) is 57.4 Å². The van der Waals surface area contributed by atoms with Gasteiger partial charge < -0.3 is 14.0 Å². The lowest BCUT2D eigenvalue weighted by atomic mass is 10.1. The molecule has 5 nitrogen and oxygen atoms in total. The molecule has 0 N–H and O–H groups in total. The third-order valence-corrected chi connectivity index (χ3v) is 4.84.